The van der Waals surface area contributed by atoms with Gasteiger partial charge in [-0.05, 0) is 37.5 Å². The van der Waals surface area contributed by atoms with Crippen LogP contribution in [0.2, 0.25) is 0 Å². The highest BCUT2D eigenvalue weighted by atomic mass is 19.1. The molecule has 1 aliphatic carbocycles. The van der Waals surface area contributed by atoms with E-state index in [-0.39, 0.29) is 29.2 Å². The number of rotatable bonds is 6. The van der Waals surface area contributed by atoms with Gasteiger partial charge in [-0.15, -0.1) is 0 Å². The number of carbonyl (C=O) groups excluding carboxylic acids is 2. The number of hydrogen-bond acceptors (Lipinski definition) is 5. The molecule has 8 heteroatoms. The van der Waals surface area contributed by atoms with Crippen molar-refractivity contribution in [1.29, 1.82) is 0 Å². The molecule has 1 atom stereocenters. The first kappa shape index (κ1) is 21.1. The molecule has 164 valence electrons. The Kier molecular flexibility index (Phi) is 6.53. The third-order valence-electron chi connectivity index (χ3n) is 6.64. The van der Waals surface area contributed by atoms with Crippen LogP contribution in [-0.4, -0.2) is 91.5 Å². The number of likely N-dealkylation sites (tertiary alicyclic amines) is 1. The van der Waals surface area contributed by atoms with Crippen molar-refractivity contribution in [2.24, 2.45) is 0 Å². The molecule has 1 aromatic rings. The molecule has 3 fully saturated rings. The highest BCUT2D eigenvalue weighted by Crippen LogP contribution is 2.25. The van der Waals surface area contributed by atoms with Crippen LogP contribution in [0.1, 0.15) is 36.0 Å². The molecule has 1 unspecified atom stereocenters. The number of nitrogens with zero attached hydrogens (tertiary/aromatic N) is 3. The van der Waals surface area contributed by atoms with Crippen LogP contribution in [0.25, 0.3) is 0 Å². The van der Waals surface area contributed by atoms with E-state index >= 15 is 0 Å². The van der Waals surface area contributed by atoms with Gasteiger partial charge in [0.2, 0.25) is 5.91 Å². The summed E-state index contributed by atoms with van der Waals surface area (Å²) in [5, 5.41) is 2.95. The molecule has 3 aliphatic rings. The van der Waals surface area contributed by atoms with Gasteiger partial charge in [-0.2, -0.15) is 0 Å². The standard InChI is InChI=1S/C22H31FN4O3/c1-30-20-6-5-16(13-19(20)23)22(29)24-17-7-8-25(14-17)15-21(28)27-11-9-26(10-12-27)18-3-2-4-18/h5-6,13,17-18H,2-4,7-12,14-15H2,1H3,(H,24,29). The minimum Gasteiger partial charge on any atom is -0.494 e. The first-order valence-corrected chi connectivity index (χ1v) is 10.9. The predicted molar refractivity (Wildman–Crippen MR) is 111 cm³/mol. The number of piperazine rings is 1. The summed E-state index contributed by atoms with van der Waals surface area (Å²) in [5.41, 5.74) is 0.271. The second-order valence-corrected chi connectivity index (χ2v) is 8.54. The molecule has 7 nitrogen and oxygen atoms in total. The first-order valence-electron chi connectivity index (χ1n) is 10.9. The van der Waals surface area contributed by atoms with Gasteiger partial charge in [-0.3, -0.25) is 19.4 Å². The van der Waals surface area contributed by atoms with Crippen molar-refractivity contribution < 1.29 is 18.7 Å². The number of halogens is 1. The number of carbonyl (C=O) groups is 2. The summed E-state index contributed by atoms with van der Waals surface area (Å²) in [6.07, 6.45) is 4.73. The van der Waals surface area contributed by atoms with Crippen LogP contribution in [0.4, 0.5) is 4.39 Å². The first-order chi connectivity index (χ1) is 14.5. The number of methoxy groups -OCH3 is 1. The van der Waals surface area contributed by atoms with Crippen LogP contribution >= 0.6 is 0 Å². The molecule has 2 amide bonds. The molecule has 1 aromatic carbocycles. The molecule has 1 saturated carbocycles. The van der Waals surface area contributed by atoms with E-state index in [2.05, 4.69) is 15.1 Å². The van der Waals surface area contributed by atoms with Crippen molar-refractivity contribution in [1.82, 2.24) is 20.0 Å². The molecule has 0 aromatic heterocycles. The molecule has 30 heavy (non-hydrogen) atoms. The van der Waals surface area contributed by atoms with Gasteiger partial charge in [0.05, 0.1) is 13.7 Å². The zero-order valence-corrected chi connectivity index (χ0v) is 17.6. The minimum absolute atomic E-state index is 0.0362. The summed E-state index contributed by atoms with van der Waals surface area (Å²) in [5.74, 6) is -0.568. The van der Waals surface area contributed by atoms with Crippen LogP contribution in [-0.2, 0) is 4.79 Å². The topological polar surface area (TPSA) is 65.1 Å². The molecule has 4 rings (SSSR count). The molecular formula is C22H31FN4O3. The molecule has 2 heterocycles. The molecule has 2 aliphatic heterocycles. The largest absolute Gasteiger partial charge is 0.494 e. The van der Waals surface area contributed by atoms with Crippen molar-refractivity contribution >= 4 is 11.8 Å². The van der Waals surface area contributed by atoms with E-state index in [0.717, 1.165) is 45.2 Å². The lowest BCUT2D eigenvalue weighted by molar-refractivity contribution is -0.134. The Bertz CT molecular complexity index is 778. The Labute approximate surface area is 177 Å². The average Bonchev–Trinajstić information content (AvgIpc) is 3.13. The Morgan fingerprint density at radius 2 is 1.90 bits per heavy atom. The van der Waals surface area contributed by atoms with Gasteiger partial charge in [0, 0.05) is 56.9 Å². The maximum Gasteiger partial charge on any atom is 0.251 e. The maximum atomic E-state index is 13.8. The fraction of sp³-hybridized carbons (Fsp3) is 0.636. The van der Waals surface area contributed by atoms with Gasteiger partial charge >= 0.3 is 0 Å². The summed E-state index contributed by atoms with van der Waals surface area (Å²) >= 11 is 0. The highest BCUT2D eigenvalue weighted by Gasteiger charge is 2.31. The number of nitrogens with one attached hydrogen (secondary N) is 1. The Balaban J connectivity index is 1.21. The molecular weight excluding hydrogens is 387 g/mol. The van der Waals surface area contributed by atoms with Crippen molar-refractivity contribution in [3.63, 3.8) is 0 Å². The van der Waals surface area contributed by atoms with Gasteiger partial charge in [0.1, 0.15) is 0 Å². The van der Waals surface area contributed by atoms with Crippen LogP contribution in [0.15, 0.2) is 18.2 Å². The second kappa shape index (κ2) is 9.31. The maximum absolute atomic E-state index is 13.8. The average molecular weight is 419 g/mol. The number of ether oxygens (including phenoxy) is 1. The zero-order chi connectivity index (χ0) is 21.1. The second-order valence-electron chi connectivity index (χ2n) is 8.54. The zero-order valence-electron chi connectivity index (χ0n) is 17.6. The van der Waals surface area contributed by atoms with E-state index in [4.69, 9.17) is 4.74 Å². The van der Waals surface area contributed by atoms with Gasteiger partial charge in [-0.25, -0.2) is 4.39 Å². The van der Waals surface area contributed by atoms with E-state index in [1.54, 1.807) is 6.07 Å². The van der Waals surface area contributed by atoms with E-state index < -0.39 is 5.82 Å². The third-order valence-corrected chi connectivity index (χ3v) is 6.64. The minimum atomic E-state index is -0.554. The Hall–Kier alpha value is -2.19. The number of amides is 2. The smallest absolute Gasteiger partial charge is 0.251 e. The van der Waals surface area contributed by atoms with E-state index in [1.807, 2.05) is 4.90 Å². The normalized spacial score (nSPS) is 23.3. The quantitative estimate of drug-likeness (QED) is 0.755. The SMILES string of the molecule is COc1ccc(C(=O)NC2CCN(CC(=O)N3CCN(C4CCC4)CC3)C2)cc1F. The third kappa shape index (κ3) is 4.75. The van der Waals surface area contributed by atoms with Gasteiger partial charge < -0.3 is 15.0 Å². The lowest BCUT2D eigenvalue weighted by Crippen LogP contribution is -2.55. The summed E-state index contributed by atoms with van der Waals surface area (Å²) < 4.78 is 18.7. The number of benzene rings is 1. The summed E-state index contributed by atoms with van der Waals surface area (Å²) in [4.78, 5) is 31.7. The predicted octanol–water partition coefficient (Wildman–Crippen LogP) is 1.34. The highest BCUT2D eigenvalue weighted by molar-refractivity contribution is 5.94. The monoisotopic (exact) mass is 418 g/mol. The van der Waals surface area contributed by atoms with Crippen LogP contribution in [0, 0.1) is 5.82 Å². The van der Waals surface area contributed by atoms with E-state index in [9.17, 15) is 14.0 Å². The van der Waals surface area contributed by atoms with Crippen LogP contribution in [0.3, 0.4) is 0 Å². The summed E-state index contributed by atoms with van der Waals surface area (Å²) in [7, 11) is 1.39. The molecule has 0 spiro atoms. The van der Waals surface area contributed by atoms with Crippen molar-refractivity contribution in [2.75, 3.05) is 52.9 Å². The Morgan fingerprint density at radius 1 is 1.13 bits per heavy atom. The van der Waals surface area contributed by atoms with Crippen molar-refractivity contribution in [3.05, 3.63) is 29.6 Å². The molecule has 0 radical (unpaired) electrons. The fourth-order valence-corrected chi connectivity index (χ4v) is 4.55. The lowest BCUT2D eigenvalue weighted by Gasteiger charge is -2.43. The van der Waals surface area contributed by atoms with Gasteiger partial charge in [0.25, 0.3) is 5.91 Å². The van der Waals surface area contributed by atoms with Crippen LogP contribution < -0.4 is 10.1 Å². The number of hydrogen-bond donors (Lipinski definition) is 1. The Morgan fingerprint density at radius 3 is 2.53 bits per heavy atom. The van der Waals surface area contributed by atoms with E-state index in [0.29, 0.717) is 13.1 Å². The molecule has 2 saturated heterocycles. The van der Waals surface area contributed by atoms with Crippen LogP contribution in [0.5, 0.6) is 5.75 Å². The molecule has 0 bridgehead atoms. The van der Waals surface area contributed by atoms with Gasteiger partial charge in [-0.1, -0.05) is 6.42 Å². The lowest BCUT2D eigenvalue weighted by atomic mass is 9.91. The summed E-state index contributed by atoms with van der Waals surface area (Å²) in [6, 6.07) is 4.90. The summed E-state index contributed by atoms with van der Waals surface area (Å²) in [6.45, 7) is 5.39. The molecule has 1 N–H and O–H groups in total. The van der Waals surface area contributed by atoms with E-state index in [1.165, 1.54) is 38.5 Å². The van der Waals surface area contributed by atoms with Gasteiger partial charge in [0.15, 0.2) is 11.6 Å². The van der Waals surface area contributed by atoms with Crippen molar-refractivity contribution in [3.8, 4) is 5.75 Å². The fourth-order valence-electron chi connectivity index (χ4n) is 4.55. The van der Waals surface area contributed by atoms with Crippen molar-refractivity contribution in [2.45, 2.75) is 37.8 Å².